The largest absolute Gasteiger partial charge is 0.478 e. The van der Waals surface area contributed by atoms with E-state index in [2.05, 4.69) is 5.32 Å². The lowest BCUT2D eigenvalue weighted by molar-refractivity contribution is -0.384. The van der Waals surface area contributed by atoms with Crippen molar-refractivity contribution in [3.8, 4) is 0 Å². The molecule has 1 aromatic rings. The summed E-state index contributed by atoms with van der Waals surface area (Å²) in [5, 5.41) is 23.0. The molecule has 0 bridgehead atoms. The second-order valence-corrected chi connectivity index (χ2v) is 7.47. The molecule has 0 spiro atoms. The van der Waals surface area contributed by atoms with Crippen LogP contribution in [0.2, 0.25) is 0 Å². The van der Waals surface area contributed by atoms with E-state index in [1.807, 2.05) is 0 Å². The zero-order valence-corrected chi connectivity index (χ0v) is 12.0. The van der Waals surface area contributed by atoms with Crippen molar-refractivity contribution in [1.82, 2.24) is 0 Å². The topological polar surface area (TPSA) is 127 Å². The number of nitro benzene ring substituents is 1. The molecule has 0 amide bonds. The Kier molecular flexibility index (Phi) is 3.62. The summed E-state index contributed by atoms with van der Waals surface area (Å²) in [5.41, 5.74) is -1.72. The van der Waals surface area contributed by atoms with E-state index in [0.29, 0.717) is 0 Å². The van der Waals surface area contributed by atoms with Crippen molar-refractivity contribution >= 4 is 27.2 Å². The Morgan fingerprint density at radius 1 is 1.48 bits per heavy atom. The average Bonchev–Trinajstić information content (AvgIpc) is 2.62. The molecule has 0 aromatic heterocycles. The summed E-state index contributed by atoms with van der Waals surface area (Å²) in [6.45, 7) is 1.61. The van der Waals surface area contributed by atoms with Crippen LogP contribution < -0.4 is 5.32 Å². The van der Waals surface area contributed by atoms with Gasteiger partial charge in [-0.15, -0.1) is 0 Å². The van der Waals surface area contributed by atoms with E-state index >= 15 is 0 Å². The first kappa shape index (κ1) is 15.2. The van der Waals surface area contributed by atoms with E-state index < -0.39 is 26.3 Å². The molecule has 1 saturated heterocycles. The number of hydrogen-bond donors (Lipinski definition) is 2. The number of carboxylic acid groups (broad SMARTS) is 1. The fourth-order valence-electron chi connectivity index (χ4n) is 2.41. The summed E-state index contributed by atoms with van der Waals surface area (Å²) in [6.07, 6.45) is 0.264. The molecule has 1 aliphatic rings. The van der Waals surface area contributed by atoms with Crippen LogP contribution in [0.3, 0.4) is 0 Å². The van der Waals surface area contributed by atoms with E-state index in [-0.39, 0.29) is 34.9 Å². The highest BCUT2D eigenvalue weighted by molar-refractivity contribution is 7.91. The van der Waals surface area contributed by atoms with Gasteiger partial charge >= 0.3 is 5.97 Å². The Balaban J connectivity index is 2.48. The number of rotatable bonds is 4. The number of sulfone groups is 1. The van der Waals surface area contributed by atoms with Crippen LogP contribution in [0.1, 0.15) is 23.7 Å². The van der Waals surface area contributed by atoms with Crippen molar-refractivity contribution in [3.63, 3.8) is 0 Å². The van der Waals surface area contributed by atoms with Crippen LogP contribution in [0.4, 0.5) is 11.4 Å². The van der Waals surface area contributed by atoms with E-state index in [4.69, 9.17) is 5.11 Å². The third kappa shape index (κ3) is 3.13. The summed E-state index contributed by atoms with van der Waals surface area (Å²) in [7, 11) is -3.22. The van der Waals surface area contributed by atoms with Gasteiger partial charge in [0.15, 0.2) is 9.84 Å². The van der Waals surface area contributed by atoms with Crippen molar-refractivity contribution in [2.45, 2.75) is 18.9 Å². The molecule has 0 radical (unpaired) electrons. The standard InChI is InChI=1S/C12H14N2O6S/c1-12(5-6-21(19,20)7-12)13-10-8(11(15)16)3-2-4-9(10)14(17)18/h2-4,13H,5-7H2,1H3,(H,15,16). The Morgan fingerprint density at radius 2 is 2.14 bits per heavy atom. The molecule has 0 aliphatic carbocycles. The quantitative estimate of drug-likeness (QED) is 0.633. The van der Waals surface area contributed by atoms with E-state index in [1.54, 1.807) is 6.92 Å². The first-order valence-corrected chi connectivity index (χ1v) is 7.95. The Bertz CT molecular complexity index is 682. The van der Waals surface area contributed by atoms with Gasteiger partial charge in [0.25, 0.3) is 5.69 Å². The molecule has 1 atom stereocenters. The number of nitrogens with one attached hydrogen (secondary N) is 1. The van der Waals surface area contributed by atoms with Gasteiger partial charge in [0.1, 0.15) is 5.69 Å². The molecular formula is C12H14N2O6S. The van der Waals surface area contributed by atoms with E-state index in [9.17, 15) is 23.3 Å². The van der Waals surface area contributed by atoms with Gasteiger partial charge in [0.2, 0.25) is 0 Å². The second kappa shape index (κ2) is 4.99. The molecule has 9 heteroatoms. The molecule has 2 rings (SSSR count). The van der Waals surface area contributed by atoms with Crippen LogP contribution in [0.5, 0.6) is 0 Å². The number of nitrogens with zero attached hydrogens (tertiary/aromatic N) is 1. The Hall–Kier alpha value is -2.16. The number of anilines is 1. The highest BCUT2D eigenvalue weighted by Crippen LogP contribution is 2.34. The lowest BCUT2D eigenvalue weighted by atomic mass is 10.00. The van der Waals surface area contributed by atoms with Gasteiger partial charge in [-0.1, -0.05) is 6.07 Å². The van der Waals surface area contributed by atoms with Crippen LogP contribution in [0, 0.1) is 10.1 Å². The molecular weight excluding hydrogens is 300 g/mol. The Labute approximate surface area is 120 Å². The van der Waals surface area contributed by atoms with Crippen molar-refractivity contribution < 1.29 is 23.2 Å². The monoisotopic (exact) mass is 314 g/mol. The summed E-state index contributed by atoms with van der Waals surface area (Å²) in [4.78, 5) is 21.6. The molecule has 1 aliphatic heterocycles. The number of nitro groups is 1. The van der Waals surface area contributed by atoms with Gasteiger partial charge in [-0.3, -0.25) is 10.1 Å². The fourth-order valence-corrected chi connectivity index (χ4v) is 4.51. The van der Waals surface area contributed by atoms with Gasteiger partial charge in [0.05, 0.1) is 22.0 Å². The lowest BCUT2D eigenvalue weighted by Crippen LogP contribution is -2.36. The number of para-hydroxylation sites is 1. The van der Waals surface area contributed by atoms with E-state index in [0.717, 1.165) is 0 Å². The zero-order valence-electron chi connectivity index (χ0n) is 11.2. The van der Waals surface area contributed by atoms with Crippen molar-refractivity contribution in [3.05, 3.63) is 33.9 Å². The molecule has 1 heterocycles. The van der Waals surface area contributed by atoms with Crippen molar-refractivity contribution in [1.29, 1.82) is 0 Å². The maximum absolute atomic E-state index is 11.6. The summed E-state index contributed by atoms with van der Waals surface area (Å²) >= 11 is 0. The SMILES string of the molecule is CC1(Nc2c(C(=O)O)cccc2[N+](=O)[O-])CCS(=O)(=O)C1. The second-order valence-electron chi connectivity index (χ2n) is 5.29. The van der Waals surface area contributed by atoms with Gasteiger partial charge in [-0.2, -0.15) is 0 Å². The highest BCUT2D eigenvalue weighted by Gasteiger charge is 2.40. The van der Waals surface area contributed by atoms with Crippen molar-refractivity contribution in [2.75, 3.05) is 16.8 Å². The van der Waals surface area contributed by atoms with Crippen LogP contribution in [0.15, 0.2) is 18.2 Å². The normalized spacial score (nSPS) is 23.7. The smallest absolute Gasteiger partial charge is 0.338 e. The summed E-state index contributed by atoms with van der Waals surface area (Å²) in [6, 6.07) is 3.70. The minimum atomic E-state index is -3.22. The molecule has 1 fully saturated rings. The minimum absolute atomic E-state index is 0.0282. The van der Waals surface area contributed by atoms with E-state index in [1.165, 1.54) is 18.2 Å². The molecule has 114 valence electrons. The molecule has 0 saturated carbocycles. The van der Waals surface area contributed by atoms with Gasteiger partial charge in [-0.05, 0) is 19.4 Å². The van der Waals surface area contributed by atoms with Crippen LogP contribution in [-0.2, 0) is 9.84 Å². The zero-order chi connectivity index (χ0) is 15.8. The molecule has 8 nitrogen and oxygen atoms in total. The first-order chi connectivity index (χ1) is 9.64. The van der Waals surface area contributed by atoms with Crippen LogP contribution >= 0.6 is 0 Å². The van der Waals surface area contributed by atoms with Crippen molar-refractivity contribution in [2.24, 2.45) is 0 Å². The number of carbonyl (C=O) groups is 1. The van der Waals surface area contributed by atoms with Gasteiger partial charge < -0.3 is 10.4 Å². The highest BCUT2D eigenvalue weighted by atomic mass is 32.2. The minimum Gasteiger partial charge on any atom is -0.478 e. The number of aromatic carboxylic acids is 1. The number of benzene rings is 1. The molecule has 2 N–H and O–H groups in total. The van der Waals surface area contributed by atoms with Gasteiger partial charge in [0, 0.05) is 11.6 Å². The van der Waals surface area contributed by atoms with Crippen LogP contribution in [0.25, 0.3) is 0 Å². The maximum atomic E-state index is 11.6. The average molecular weight is 314 g/mol. The molecule has 1 unspecified atom stereocenters. The van der Waals surface area contributed by atoms with Crippen LogP contribution in [-0.4, -0.2) is 41.5 Å². The molecule has 21 heavy (non-hydrogen) atoms. The lowest BCUT2D eigenvalue weighted by Gasteiger charge is -2.25. The number of carboxylic acids is 1. The predicted octanol–water partition coefficient (Wildman–Crippen LogP) is 1.28. The summed E-state index contributed by atoms with van der Waals surface area (Å²) < 4.78 is 23.2. The predicted molar refractivity (Wildman–Crippen MR) is 75.4 cm³/mol. The first-order valence-electron chi connectivity index (χ1n) is 6.13. The third-order valence-corrected chi connectivity index (χ3v) is 5.30. The summed E-state index contributed by atoms with van der Waals surface area (Å²) in [5.74, 6) is -1.53. The number of hydrogen-bond acceptors (Lipinski definition) is 6. The molecule has 1 aromatic carbocycles. The third-order valence-electron chi connectivity index (χ3n) is 3.40. The van der Waals surface area contributed by atoms with Gasteiger partial charge in [-0.25, -0.2) is 13.2 Å². The maximum Gasteiger partial charge on any atom is 0.338 e. The fraction of sp³-hybridized carbons (Fsp3) is 0.417. The Morgan fingerprint density at radius 3 is 2.62 bits per heavy atom.